The lowest BCUT2D eigenvalue weighted by atomic mass is 9.75. The number of hydrogen-bond donors (Lipinski definition) is 0. The number of hydrogen-bond acceptors (Lipinski definition) is 3. The summed E-state index contributed by atoms with van der Waals surface area (Å²) in [6.45, 7) is 4.17. The van der Waals surface area contributed by atoms with Crippen molar-refractivity contribution in [2.75, 3.05) is 33.4 Å². The summed E-state index contributed by atoms with van der Waals surface area (Å²) in [6.07, 6.45) is 8.72. The van der Waals surface area contributed by atoms with Gasteiger partial charge in [-0.2, -0.15) is 0 Å². The monoisotopic (exact) mass is 461 g/mol. The number of fused-ring (bicyclic) bond motifs is 1. The van der Waals surface area contributed by atoms with Crippen molar-refractivity contribution in [2.45, 2.75) is 24.7 Å². The normalized spacial score (nSPS) is 19.5. The Hall–Kier alpha value is -2.75. The summed E-state index contributed by atoms with van der Waals surface area (Å²) in [5, 5.41) is 2.44. The lowest BCUT2D eigenvalue weighted by molar-refractivity contribution is 0.183. The molecule has 3 nitrogen and oxygen atoms in total. The molecular formula is C29H32ClNO2. The molecule has 0 amide bonds. The molecule has 4 heteroatoms. The number of likely N-dealkylation sites (tertiary alicyclic amines) is 1. The van der Waals surface area contributed by atoms with E-state index in [1.165, 1.54) is 53.9 Å². The maximum Gasteiger partial charge on any atom is 0.119 e. The molecule has 0 bridgehead atoms. The van der Waals surface area contributed by atoms with E-state index in [4.69, 9.17) is 9.47 Å². The Morgan fingerprint density at radius 1 is 0.758 bits per heavy atom. The number of methoxy groups -OCH3 is 1. The maximum absolute atomic E-state index is 6.08. The van der Waals surface area contributed by atoms with Crippen molar-refractivity contribution in [3.05, 3.63) is 94.4 Å². The third kappa shape index (κ3) is 4.95. The summed E-state index contributed by atoms with van der Waals surface area (Å²) in [5.41, 5.74) is 2.19. The van der Waals surface area contributed by atoms with Gasteiger partial charge >= 0.3 is 0 Å². The molecule has 3 aromatic rings. The molecular weight excluding hydrogens is 430 g/mol. The van der Waals surface area contributed by atoms with E-state index in [1.807, 2.05) is 6.07 Å². The van der Waals surface area contributed by atoms with Gasteiger partial charge in [0.25, 0.3) is 0 Å². The van der Waals surface area contributed by atoms with Crippen LogP contribution in [0, 0.1) is 0 Å². The molecule has 0 spiro atoms. The standard InChI is InChI=1S/C29H31NO2.ClH/c1-31-28-13-10-23-21-29(22-24(23)20-28,25-8-4-2-5-9-25)26-11-14-27(15-12-26)32-19-18-30-16-6-3-7-17-30;/h2,4-5,8-15,20-22H,3,6-7,16-19H2,1H3;1H. The first-order valence-corrected chi connectivity index (χ1v) is 11.7. The Morgan fingerprint density at radius 2 is 1.42 bits per heavy atom. The molecule has 2 aliphatic rings. The van der Waals surface area contributed by atoms with Gasteiger partial charge in [0.2, 0.25) is 0 Å². The Morgan fingerprint density at radius 3 is 2.15 bits per heavy atom. The van der Waals surface area contributed by atoms with Crippen LogP contribution in [0.3, 0.4) is 0 Å². The molecule has 33 heavy (non-hydrogen) atoms. The highest BCUT2D eigenvalue weighted by Crippen LogP contribution is 2.38. The van der Waals surface area contributed by atoms with Gasteiger partial charge in [-0.3, -0.25) is 4.90 Å². The molecule has 1 heterocycles. The van der Waals surface area contributed by atoms with E-state index in [9.17, 15) is 0 Å². The summed E-state index contributed by atoms with van der Waals surface area (Å²) >= 11 is 0. The van der Waals surface area contributed by atoms with E-state index < -0.39 is 0 Å². The van der Waals surface area contributed by atoms with E-state index in [2.05, 4.69) is 83.8 Å². The van der Waals surface area contributed by atoms with Crippen molar-refractivity contribution in [1.29, 1.82) is 0 Å². The van der Waals surface area contributed by atoms with Gasteiger partial charge in [-0.1, -0.05) is 67.1 Å². The molecule has 3 aromatic carbocycles. The number of benzene rings is 3. The Kier molecular flexibility index (Phi) is 7.42. The summed E-state index contributed by atoms with van der Waals surface area (Å²) in [4.78, 5) is 2.51. The third-order valence-electron chi connectivity index (χ3n) is 6.77. The highest BCUT2D eigenvalue weighted by molar-refractivity contribution is 5.85. The highest BCUT2D eigenvalue weighted by Gasteiger charge is 2.32. The first-order valence-electron chi connectivity index (χ1n) is 11.7. The minimum atomic E-state index is -0.303. The fraction of sp³-hybridized carbons (Fsp3) is 0.310. The first kappa shape index (κ1) is 23.4. The molecule has 0 N–H and O–H groups in total. The van der Waals surface area contributed by atoms with Crippen LogP contribution in [0.1, 0.15) is 30.4 Å². The molecule has 1 saturated heterocycles. The largest absolute Gasteiger partial charge is 0.497 e. The lowest BCUT2D eigenvalue weighted by Crippen LogP contribution is -2.33. The quantitative estimate of drug-likeness (QED) is 0.515. The number of halogens is 1. The van der Waals surface area contributed by atoms with E-state index >= 15 is 0 Å². The van der Waals surface area contributed by atoms with E-state index in [0.29, 0.717) is 0 Å². The van der Waals surface area contributed by atoms with Crippen LogP contribution in [0.25, 0.3) is 12.2 Å². The van der Waals surface area contributed by atoms with Gasteiger partial charge in [0.1, 0.15) is 18.1 Å². The van der Waals surface area contributed by atoms with Crippen LogP contribution in [0.2, 0.25) is 0 Å². The molecule has 1 atom stereocenters. The molecule has 1 aliphatic heterocycles. The van der Waals surface area contributed by atoms with Gasteiger partial charge in [-0.15, -0.1) is 12.4 Å². The summed E-state index contributed by atoms with van der Waals surface area (Å²) in [5.74, 6) is 1.82. The predicted octanol–water partition coefficient (Wildman–Crippen LogP) is 4.54. The number of rotatable bonds is 7. The second kappa shape index (κ2) is 10.5. The van der Waals surface area contributed by atoms with Crippen LogP contribution < -0.4 is 19.9 Å². The van der Waals surface area contributed by atoms with Gasteiger partial charge in [-0.25, -0.2) is 0 Å². The molecule has 0 saturated carbocycles. The highest BCUT2D eigenvalue weighted by atomic mass is 35.5. The molecule has 1 fully saturated rings. The molecule has 1 unspecified atom stereocenters. The minimum Gasteiger partial charge on any atom is -0.497 e. The smallest absolute Gasteiger partial charge is 0.119 e. The van der Waals surface area contributed by atoms with Crippen molar-refractivity contribution in [2.24, 2.45) is 0 Å². The van der Waals surface area contributed by atoms with Crippen LogP contribution in [0.4, 0.5) is 0 Å². The second-order valence-electron chi connectivity index (χ2n) is 8.79. The van der Waals surface area contributed by atoms with Crippen LogP contribution >= 0.6 is 12.4 Å². The minimum absolute atomic E-state index is 0. The Balaban J connectivity index is 0.00000259. The zero-order valence-electron chi connectivity index (χ0n) is 19.2. The van der Waals surface area contributed by atoms with Crippen LogP contribution in [-0.2, 0) is 5.41 Å². The average molecular weight is 462 g/mol. The molecule has 1 aliphatic carbocycles. The zero-order chi connectivity index (χ0) is 21.8. The fourth-order valence-electron chi connectivity index (χ4n) is 4.98. The zero-order valence-corrected chi connectivity index (χ0v) is 20.0. The van der Waals surface area contributed by atoms with E-state index in [1.54, 1.807) is 7.11 Å². The Bertz CT molecular complexity index is 1170. The number of piperidine rings is 1. The van der Waals surface area contributed by atoms with Crippen molar-refractivity contribution in [1.82, 2.24) is 4.90 Å². The second-order valence-corrected chi connectivity index (χ2v) is 8.79. The first-order chi connectivity index (χ1) is 15.8. The Labute approximate surface area is 202 Å². The summed E-state index contributed by atoms with van der Waals surface area (Å²) in [7, 11) is 1.72. The van der Waals surface area contributed by atoms with Crippen LogP contribution in [-0.4, -0.2) is 38.3 Å². The van der Waals surface area contributed by atoms with E-state index in [-0.39, 0.29) is 17.8 Å². The van der Waals surface area contributed by atoms with Crippen molar-refractivity contribution < 1.29 is 9.47 Å². The van der Waals surface area contributed by atoms with Gasteiger partial charge in [-0.05, 0) is 71.8 Å². The molecule has 172 valence electrons. The molecule has 5 rings (SSSR count). The van der Waals surface area contributed by atoms with E-state index in [0.717, 1.165) is 24.7 Å². The predicted molar refractivity (Wildman–Crippen MR) is 138 cm³/mol. The molecule has 0 radical (unpaired) electrons. The van der Waals surface area contributed by atoms with Crippen molar-refractivity contribution in [3.8, 4) is 11.5 Å². The number of nitrogens with zero attached hydrogens (tertiary/aromatic N) is 1. The average Bonchev–Trinajstić information content (AvgIpc) is 3.25. The van der Waals surface area contributed by atoms with Gasteiger partial charge in [0.15, 0.2) is 0 Å². The topological polar surface area (TPSA) is 21.7 Å². The third-order valence-corrected chi connectivity index (χ3v) is 6.77. The lowest BCUT2D eigenvalue weighted by Gasteiger charge is -2.27. The van der Waals surface area contributed by atoms with Crippen LogP contribution in [0.5, 0.6) is 11.5 Å². The van der Waals surface area contributed by atoms with Gasteiger partial charge < -0.3 is 9.47 Å². The number of ether oxygens (including phenoxy) is 2. The van der Waals surface area contributed by atoms with Crippen LogP contribution in [0.15, 0.2) is 72.8 Å². The van der Waals surface area contributed by atoms with Gasteiger partial charge in [0.05, 0.1) is 12.5 Å². The molecule has 0 aromatic heterocycles. The van der Waals surface area contributed by atoms with Crippen molar-refractivity contribution in [3.63, 3.8) is 0 Å². The SMILES string of the molecule is COc1ccc2c(c1)=CC(c1ccccc1)(c1ccc(OCCN3CCCCC3)cc1)C=2.Cl. The maximum atomic E-state index is 6.08. The van der Waals surface area contributed by atoms with Gasteiger partial charge in [0, 0.05) is 6.54 Å². The summed E-state index contributed by atoms with van der Waals surface area (Å²) in [6, 6.07) is 25.6. The van der Waals surface area contributed by atoms with Crippen molar-refractivity contribution >= 4 is 24.6 Å². The summed E-state index contributed by atoms with van der Waals surface area (Å²) < 4.78 is 11.5. The fourth-order valence-corrected chi connectivity index (χ4v) is 4.98.